The maximum absolute atomic E-state index is 8.12. The van der Waals surface area contributed by atoms with Gasteiger partial charge in [-0.25, -0.2) is 0 Å². The summed E-state index contributed by atoms with van der Waals surface area (Å²) in [4.78, 5) is 0. The van der Waals surface area contributed by atoms with Gasteiger partial charge in [0.15, 0.2) is 0 Å². The van der Waals surface area contributed by atoms with Crippen molar-refractivity contribution in [1.82, 2.24) is 0 Å². The average Bonchev–Trinajstić information content (AvgIpc) is 1.00. The zero-order valence-corrected chi connectivity index (χ0v) is 3.09. The van der Waals surface area contributed by atoms with E-state index in [0.29, 0.717) is 0 Å². The van der Waals surface area contributed by atoms with Gasteiger partial charge < -0.3 is 11.0 Å². The first-order valence-corrected chi connectivity index (χ1v) is 0.687. The molecule has 0 radical (unpaired) electrons. The summed E-state index contributed by atoms with van der Waals surface area (Å²) in [6.45, 7) is 0. The number of hydrogen-bond acceptors (Lipinski definition) is 1. The molecule has 0 saturated carbocycles. The van der Waals surface area contributed by atoms with Gasteiger partial charge in [0.2, 0.25) is 0 Å². The third-order valence-corrected chi connectivity index (χ3v) is 0. The van der Waals surface area contributed by atoms with Crippen LogP contribution >= 0.6 is 0 Å². The summed E-state index contributed by atoms with van der Waals surface area (Å²) < 4.78 is 8.12. The van der Waals surface area contributed by atoms with Crippen LogP contribution in [-0.2, 0) is 20.0 Å². The minimum atomic E-state index is 0. The standard InChI is InChI=1S/Cr.2H2O.O/h;2*1H2;. The van der Waals surface area contributed by atoms with E-state index in [-0.39, 0.29) is 11.0 Å². The Kier molecular flexibility index (Phi) is 1860. The Morgan fingerprint density at radius 1 is 1.00 bits per heavy atom. The molecule has 0 unspecified atom stereocenters. The van der Waals surface area contributed by atoms with E-state index in [1.807, 2.05) is 0 Å². The second kappa shape index (κ2) is 259. The summed E-state index contributed by atoms with van der Waals surface area (Å²) in [5.41, 5.74) is 0. The van der Waals surface area contributed by atoms with Gasteiger partial charge in [-0.05, 0) is 0 Å². The first-order valence-electron chi connectivity index (χ1n) is 0.167. The second-order valence-electron chi connectivity index (χ2n) is 0. The van der Waals surface area contributed by atoms with Crippen molar-refractivity contribution in [2.24, 2.45) is 0 Å². The molecular formula is H4CrO3. The Labute approximate surface area is 31.9 Å². The van der Waals surface area contributed by atoms with Gasteiger partial charge in [0.05, 0.1) is 0 Å². The van der Waals surface area contributed by atoms with Gasteiger partial charge in [-0.1, -0.05) is 0 Å². The van der Waals surface area contributed by atoms with Crippen LogP contribution in [0, 0.1) is 0 Å². The third-order valence-electron chi connectivity index (χ3n) is 0. The molecule has 3 nitrogen and oxygen atoms in total. The number of hydrogen-bond donors (Lipinski definition) is 0. The van der Waals surface area contributed by atoms with Gasteiger partial charge >= 0.3 is 20.0 Å². The molecule has 4 N–H and O–H groups in total. The topological polar surface area (TPSA) is 80.1 Å². The van der Waals surface area contributed by atoms with Crippen molar-refractivity contribution in [3.63, 3.8) is 0 Å². The van der Waals surface area contributed by atoms with Crippen LogP contribution in [0.25, 0.3) is 0 Å². The fourth-order valence-corrected chi connectivity index (χ4v) is 0. The Morgan fingerprint density at radius 3 is 1.00 bits per heavy atom. The average molecular weight is 104 g/mol. The first kappa shape index (κ1) is 28.7. The first-order chi connectivity index (χ1) is 1.00. The van der Waals surface area contributed by atoms with Crippen molar-refractivity contribution < 1.29 is 31.0 Å². The molecule has 0 amide bonds. The van der Waals surface area contributed by atoms with Crippen molar-refractivity contribution in [2.45, 2.75) is 0 Å². The van der Waals surface area contributed by atoms with E-state index >= 15 is 0 Å². The fraction of sp³-hybridized carbons (Fsp3) is 0. The van der Waals surface area contributed by atoms with Crippen molar-refractivity contribution in [1.29, 1.82) is 0 Å². The third kappa shape index (κ3) is 55.4. The molecule has 28 valence electrons. The molecule has 0 rings (SSSR count). The molecular weight excluding hydrogens is 100.0 g/mol. The van der Waals surface area contributed by atoms with E-state index in [9.17, 15) is 0 Å². The van der Waals surface area contributed by atoms with Crippen LogP contribution in [0.3, 0.4) is 0 Å². The zero-order chi connectivity index (χ0) is 2.00. The maximum atomic E-state index is 8.12. The Hall–Kier alpha value is 0.252. The van der Waals surface area contributed by atoms with Crippen molar-refractivity contribution in [3.8, 4) is 0 Å². The van der Waals surface area contributed by atoms with Crippen LogP contribution in [0.4, 0.5) is 0 Å². The molecule has 0 heterocycles. The van der Waals surface area contributed by atoms with Gasteiger partial charge in [0.25, 0.3) is 0 Å². The molecule has 0 aliphatic carbocycles. The molecule has 0 aliphatic heterocycles. The zero-order valence-electron chi connectivity index (χ0n) is 1.82. The van der Waals surface area contributed by atoms with E-state index in [0.717, 1.165) is 0 Å². The summed E-state index contributed by atoms with van der Waals surface area (Å²) in [6, 6.07) is 0. The van der Waals surface area contributed by atoms with Crippen LogP contribution in [-0.4, -0.2) is 11.0 Å². The van der Waals surface area contributed by atoms with Gasteiger partial charge in [-0.2, -0.15) is 0 Å². The summed E-state index contributed by atoms with van der Waals surface area (Å²) in [5, 5.41) is 0. The molecule has 0 atom stereocenters. The predicted octanol–water partition coefficient (Wildman–Crippen LogP) is -1.77. The summed E-state index contributed by atoms with van der Waals surface area (Å²) >= 11 is 1.38. The van der Waals surface area contributed by atoms with Gasteiger partial charge in [-0.3, -0.25) is 0 Å². The summed E-state index contributed by atoms with van der Waals surface area (Å²) in [6.07, 6.45) is 0. The van der Waals surface area contributed by atoms with E-state index in [4.69, 9.17) is 3.80 Å². The molecule has 0 saturated heterocycles. The van der Waals surface area contributed by atoms with Gasteiger partial charge in [0.1, 0.15) is 0 Å². The van der Waals surface area contributed by atoms with Crippen LogP contribution in [0.2, 0.25) is 0 Å². The van der Waals surface area contributed by atoms with Gasteiger partial charge in [-0.15, -0.1) is 0 Å². The fourth-order valence-electron chi connectivity index (χ4n) is 0. The number of rotatable bonds is 0. The van der Waals surface area contributed by atoms with Crippen molar-refractivity contribution in [2.75, 3.05) is 0 Å². The molecule has 4 heteroatoms. The Morgan fingerprint density at radius 2 is 1.00 bits per heavy atom. The Bertz CT molecular complexity index is 3.25. The van der Waals surface area contributed by atoms with Crippen LogP contribution in [0.15, 0.2) is 0 Å². The van der Waals surface area contributed by atoms with E-state index < -0.39 is 0 Å². The molecule has 0 spiro atoms. The quantitative estimate of drug-likeness (QED) is 0.358. The molecule has 0 aliphatic rings. The van der Waals surface area contributed by atoms with Crippen molar-refractivity contribution >= 4 is 0 Å². The van der Waals surface area contributed by atoms with E-state index in [1.165, 1.54) is 16.2 Å². The molecule has 4 heavy (non-hydrogen) atoms. The SMILES string of the molecule is O.O.[O]=[Cr]. The Balaban J connectivity index is -0.00000000500. The molecule has 0 aromatic carbocycles. The molecule has 0 fully saturated rings. The second-order valence-corrected chi connectivity index (χ2v) is 0. The van der Waals surface area contributed by atoms with Crippen molar-refractivity contribution in [3.05, 3.63) is 0 Å². The van der Waals surface area contributed by atoms with Crippen LogP contribution in [0.1, 0.15) is 0 Å². The predicted molar refractivity (Wildman–Crippen MR) is 7.91 cm³/mol. The monoisotopic (exact) mass is 104 g/mol. The molecule has 0 aromatic heterocycles. The molecule has 0 aromatic rings. The van der Waals surface area contributed by atoms with E-state index in [2.05, 4.69) is 0 Å². The van der Waals surface area contributed by atoms with Crippen LogP contribution < -0.4 is 0 Å². The normalized spacial score (nSPS) is 1.00. The molecule has 0 bridgehead atoms. The summed E-state index contributed by atoms with van der Waals surface area (Å²) in [5.74, 6) is 0. The van der Waals surface area contributed by atoms with E-state index in [1.54, 1.807) is 0 Å². The van der Waals surface area contributed by atoms with Gasteiger partial charge in [0, 0.05) is 0 Å². The van der Waals surface area contributed by atoms with Crippen LogP contribution in [0.5, 0.6) is 0 Å². The minimum absolute atomic E-state index is 0. The summed E-state index contributed by atoms with van der Waals surface area (Å²) in [7, 11) is 0.